The third kappa shape index (κ3) is 2.99. The fourth-order valence-electron chi connectivity index (χ4n) is 2.48. The number of carbonyl (C=O) groups is 2. The van der Waals surface area contributed by atoms with Gasteiger partial charge >= 0.3 is 5.97 Å². The first-order valence-corrected chi connectivity index (χ1v) is 6.89. The van der Waals surface area contributed by atoms with Gasteiger partial charge in [-0.25, -0.2) is 0 Å². The van der Waals surface area contributed by atoms with Crippen molar-refractivity contribution in [2.45, 2.75) is 32.2 Å². The lowest BCUT2D eigenvalue weighted by Crippen LogP contribution is -2.44. The van der Waals surface area contributed by atoms with Gasteiger partial charge in [0.05, 0.1) is 5.92 Å². The van der Waals surface area contributed by atoms with Gasteiger partial charge in [-0.15, -0.1) is 0 Å². The van der Waals surface area contributed by atoms with Crippen LogP contribution in [0.25, 0.3) is 0 Å². The molecule has 2 atom stereocenters. The van der Waals surface area contributed by atoms with Crippen LogP contribution in [0.1, 0.15) is 25.3 Å². The van der Waals surface area contributed by atoms with Crippen LogP contribution in [0.4, 0.5) is 5.69 Å². The number of carbonyl (C=O) groups excluding carboxylic acids is 1. The predicted octanol–water partition coefficient (Wildman–Crippen LogP) is 1.40. The molecule has 1 amide bonds. The Labute approximate surface area is 118 Å². The Kier molecular flexibility index (Phi) is 4.39. The lowest BCUT2D eigenvalue weighted by Gasteiger charge is -2.33. The second kappa shape index (κ2) is 6.05. The van der Waals surface area contributed by atoms with Crippen molar-refractivity contribution in [3.8, 4) is 0 Å². The summed E-state index contributed by atoms with van der Waals surface area (Å²) in [4.78, 5) is 25.2. The van der Waals surface area contributed by atoms with Crippen molar-refractivity contribution in [1.29, 1.82) is 0 Å². The first-order chi connectivity index (χ1) is 9.52. The Balaban J connectivity index is 2.26. The SMILES string of the molecule is CCC(N)CC(=O)N1CC(C(=O)O)Cc2ccccc21. The van der Waals surface area contributed by atoms with Crippen LogP contribution in [-0.2, 0) is 16.0 Å². The minimum atomic E-state index is -0.864. The molecule has 5 nitrogen and oxygen atoms in total. The number of hydrogen-bond donors (Lipinski definition) is 2. The van der Waals surface area contributed by atoms with Crippen LogP contribution in [0.5, 0.6) is 0 Å². The summed E-state index contributed by atoms with van der Waals surface area (Å²) in [5.41, 5.74) is 7.56. The number of carboxylic acids is 1. The quantitative estimate of drug-likeness (QED) is 0.870. The predicted molar refractivity (Wildman–Crippen MR) is 76.5 cm³/mol. The number of fused-ring (bicyclic) bond motifs is 1. The van der Waals surface area contributed by atoms with Gasteiger partial charge in [-0.3, -0.25) is 9.59 Å². The molecule has 2 rings (SSSR count). The number of nitrogens with zero attached hydrogens (tertiary/aromatic N) is 1. The van der Waals surface area contributed by atoms with Crippen molar-refractivity contribution in [3.05, 3.63) is 29.8 Å². The lowest BCUT2D eigenvalue weighted by molar-refractivity contribution is -0.141. The Morgan fingerprint density at radius 3 is 2.80 bits per heavy atom. The second-order valence-corrected chi connectivity index (χ2v) is 5.24. The van der Waals surface area contributed by atoms with E-state index in [9.17, 15) is 14.7 Å². The van der Waals surface area contributed by atoms with Crippen LogP contribution in [0.2, 0.25) is 0 Å². The first kappa shape index (κ1) is 14.5. The van der Waals surface area contributed by atoms with Crippen molar-refractivity contribution >= 4 is 17.6 Å². The monoisotopic (exact) mass is 276 g/mol. The highest BCUT2D eigenvalue weighted by molar-refractivity contribution is 5.96. The Morgan fingerprint density at radius 2 is 2.15 bits per heavy atom. The number of anilines is 1. The Bertz CT molecular complexity index is 516. The molecule has 108 valence electrons. The van der Waals surface area contributed by atoms with E-state index in [1.165, 1.54) is 0 Å². The average molecular weight is 276 g/mol. The summed E-state index contributed by atoms with van der Waals surface area (Å²) in [6.07, 6.45) is 1.44. The fourth-order valence-corrected chi connectivity index (χ4v) is 2.48. The molecule has 3 N–H and O–H groups in total. The third-order valence-corrected chi connectivity index (χ3v) is 3.76. The summed E-state index contributed by atoms with van der Waals surface area (Å²) >= 11 is 0. The fraction of sp³-hybridized carbons (Fsp3) is 0.467. The van der Waals surface area contributed by atoms with Crippen LogP contribution >= 0.6 is 0 Å². The summed E-state index contributed by atoms with van der Waals surface area (Å²) in [6, 6.07) is 7.29. The van der Waals surface area contributed by atoms with E-state index in [1.54, 1.807) is 4.90 Å². The molecule has 0 bridgehead atoms. The third-order valence-electron chi connectivity index (χ3n) is 3.76. The van der Waals surface area contributed by atoms with Gasteiger partial charge < -0.3 is 15.7 Å². The number of amides is 1. The summed E-state index contributed by atoms with van der Waals surface area (Å²) in [7, 11) is 0. The molecule has 1 aliphatic rings. The number of benzene rings is 1. The second-order valence-electron chi connectivity index (χ2n) is 5.24. The van der Waals surface area contributed by atoms with Crippen LogP contribution in [0.3, 0.4) is 0 Å². The molecular weight excluding hydrogens is 256 g/mol. The zero-order valence-electron chi connectivity index (χ0n) is 11.6. The van der Waals surface area contributed by atoms with Crippen molar-refractivity contribution in [1.82, 2.24) is 0 Å². The van der Waals surface area contributed by atoms with E-state index in [1.807, 2.05) is 31.2 Å². The van der Waals surface area contributed by atoms with Gasteiger partial charge in [0.1, 0.15) is 0 Å². The highest BCUT2D eigenvalue weighted by Crippen LogP contribution is 2.30. The van der Waals surface area contributed by atoms with Crippen molar-refractivity contribution in [2.24, 2.45) is 11.7 Å². The number of carboxylic acid groups (broad SMARTS) is 1. The molecule has 0 radical (unpaired) electrons. The molecule has 0 spiro atoms. The van der Waals surface area contributed by atoms with E-state index in [-0.39, 0.29) is 24.9 Å². The molecule has 1 aliphatic heterocycles. The number of aliphatic carboxylic acids is 1. The van der Waals surface area contributed by atoms with E-state index < -0.39 is 11.9 Å². The van der Waals surface area contributed by atoms with Crippen LogP contribution in [0.15, 0.2) is 24.3 Å². The van der Waals surface area contributed by atoms with E-state index >= 15 is 0 Å². The molecule has 1 aromatic rings. The molecule has 1 aromatic carbocycles. The minimum absolute atomic E-state index is 0.0993. The van der Waals surface area contributed by atoms with Crippen molar-refractivity contribution in [3.63, 3.8) is 0 Å². The molecule has 5 heteroatoms. The molecule has 0 saturated carbocycles. The maximum absolute atomic E-state index is 12.4. The van der Waals surface area contributed by atoms with Gasteiger partial charge in [-0.1, -0.05) is 25.1 Å². The van der Waals surface area contributed by atoms with Gasteiger partial charge in [0.2, 0.25) is 5.91 Å². The molecule has 2 unspecified atom stereocenters. The Morgan fingerprint density at radius 1 is 1.45 bits per heavy atom. The molecule has 20 heavy (non-hydrogen) atoms. The van der Waals surface area contributed by atoms with Gasteiger partial charge in [0, 0.05) is 24.7 Å². The van der Waals surface area contributed by atoms with Gasteiger partial charge in [-0.05, 0) is 24.5 Å². The topological polar surface area (TPSA) is 83.6 Å². The molecule has 0 aromatic heterocycles. The van der Waals surface area contributed by atoms with Crippen LogP contribution in [0, 0.1) is 5.92 Å². The van der Waals surface area contributed by atoms with E-state index in [4.69, 9.17) is 5.73 Å². The largest absolute Gasteiger partial charge is 0.481 e. The summed E-state index contributed by atoms with van der Waals surface area (Å²) in [5.74, 6) is -1.51. The van der Waals surface area contributed by atoms with Gasteiger partial charge in [-0.2, -0.15) is 0 Å². The molecule has 0 fully saturated rings. The van der Waals surface area contributed by atoms with E-state index in [0.29, 0.717) is 6.42 Å². The number of nitrogens with two attached hydrogens (primary N) is 1. The van der Waals surface area contributed by atoms with Gasteiger partial charge in [0.25, 0.3) is 0 Å². The van der Waals surface area contributed by atoms with Crippen LogP contribution < -0.4 is 10.6 Å². The molecule has 0 saturated heterocycles. The molecule has 1 heterocycles. The first-order valence-electron chi connectivity index (χ1n) is 6.89. The molecular formula is C15H20N2O3. The summed E-state index contributed by atoms with van der Waals surface area (Å²) in [6.45, 7) is 2.16. The Hall–Kier alpha value is -1.88. The lowest BCUT2D eigenvalue weighted by atomic mass is 9.92. The number of para-hydroxylation sites is 1. The number of rotatable bonds is 4. The average Bonchev–Trinajstić information content (AvgIpc) is 2.45. The zero-order valence-corrected chi connectivity index (χ0v) is 11.6. The van der Waals surface area contributed by atoms with Crippen molar-refractivity contribution in [2.75, 3.05) is 11.4 Å². The molecule has 0 aliphatic carbocycles. The summed E-state index contributed by atoms with van der Waals surface area (Å²) in [5, 5.41) is 9.23. The van der Waals surface area contributed by atoms with E-state index in [2.05, 4.69) is 0 Å². The normalized spacial score (nSPS) is 19.3. The number of hydrogen-bond acceptors (Lipinski definition) is 3. The maximum atomic E-state index is 12.4. The van der Waals surface area contributed by atoms with E-state index in [0.717, 1.165) is 17.7 Å². The van der Waals surface area contributed by atoms with Gasteiger partial charge in [0.15, 0.2) is 0 Å². The minimum Gasteiger partial charge on any atom is -0.481 e. The maximum Gasteiger partial charge on any atom is 0.308 e. The summed E-state index contributed by atoms with van der Waals surface area (Å²) < 4.78 is 0. The van der Waals surface area contributed by atoms with Crippen LogP contribution in [-0.4, -0.2) is 29.6 Å². The zero-order chi connectivity index (χ0) is 14.7. The highest BCUT2D eigenvalue weighted by atomic mass is 16.4. The van der Waals surface area contributed by atoms with Crippen molar-refractivity contribution < 1.29 is 14.7 Å². The smallest absolute Gasteiger partial charge is 0.308 e. The highest BCUT2D eigenvalue weighted by Gasteiger charge is 2.32. The standard InChI is InChI=1S/C15H20N2O3/c1-2-12(16)8-14(18)17-9-11(15(19)20)7-10-5-3-4-6-13(10)17/h3-6,11-12H,2,7-9,16H2,1H3,(H,19,20).